The van der Waals surface area contributed by atoms with Crippen molar-refractivity contribution in [3.05, 3.63) is 118 Å². The lowest BCUT2D eigenvalue weighted by Gasteiger charge is -2.13. The van der Waals surface area contributed by atoms with Crippen molar-refractivity contribution in [1.29, 1.82) is 0 Å². The summed E-state index contributed by atoms with van der Waals surface area (Å²) in [7, 11) is 0. The molecular formula is C29H24ClN3O3. The third-order valence-corrected chi connectivity index (χ3v) is 6.34. The molecule has 1 aromatic heterocycles. The van der Waals surface area contributed by atoms with E-state index >= 15 is 0 Å². The molecule has 0 aliphatic carbocycles. The van der Waals surface area contributed by atoms with Crippen molar-refractivity contribution >= 4 is 35.2 Å². The highest BCUT2D eigenvalue weighted by atomic mass is 35.5. The molecule has 6 nitrogen and oxygen atoms in total. The van der Waals surface area contributed by atoms with E-state index in [0.29, 0.717) is 17.3 Å². The Morgan fingerprint density at radius 3 is 2.28 bits per heavy atom. The Morgan fingerprint density at radius 1 is 0.889 bits per heavy atom. The Bertz CT molecular complexity index is 1460. The van der Waals surface area contributed by atoms with Gasteiger partial charge in [-0.2, -0.15) is 0 Å². The van der Waals surface area contributed by atoms with Gasteiger partial charge in [0.1, 0.15) is 17.9 Å². The number of carbonyl (C=O) groups excluding carboxylic acids is 2. The van der Waals surface area contributed by atoms with Gasteiger partial charge in [0, 0.05) is 22.1 Å². The number of nitrogens with zero attached hydrogens (tertiary/aromatic N) is 2. The van der Waals surface area contributed by atoms with E-state index in [-0.39, 0.29) is 11.5 Å². The van der Waals surface area contributed by atoms with Crippen molar-refractivity contribution in [1.82, 2.24) is 9.99 Å². The molecule has 2 amide bonds. The van der Waals surface area contributed by atoms with E-state index in [1.54, 1.807) is 18.2 Å². The molecule has 7 heteroatoms. The molecule has 0 spiro atoms. The summed E-state index contributed by atoms with van der Waals surface area (Å²) in [6.45, 7) is 4.41. The average Bonchev–Trinajstić information content (AvgIpc) is 3.33. The topological polar surface area (TPSA) is 63.6 Å². The summed E-state index contributed by atoms with van der Waals surface area (Å²) in [6.07, 6.45) is 1.66. The molecule has 0 atom stereocenters. The summed E-state index contributed by atoms with van der Waals surface area (Å²) in [6, 6.07) is 26.4. The SMILES string of the molecule is Cc1cc(/C=C2/C(=O)NN(c3ccccc3)C2=O)c(C)n1-c1ccc(OCc2ccc(Cl)cc2)cc1. The number of hydrogen-bond acceptors (Lipinski definition) is 3. The van der Waals surface area contributed by atoms with Gasteiger partial charge in [-0.1, -0.05) is 41.9 Å². The van der Waals surface area contributed by atoms with E-state index < -0.39 is 5.91 Å². The van der Waals surface area contributed by atoms with Crippen molar-refractivity contribution in [3.8, 4) is 11.4 Å². The zero-order chi connectivity index (χ0) is 25.2. The molecule has 0 bridgehead atoms. The largest absolute Gasteiger partial charge is 0.489 e. The van der Waals surface area contributed by atoms with Crippen molar-refractivity contribution in [2.75, 3.05) is 5.01 Å². The van der Waals surface area contributed by atoms with Gasteiger partial charge in [0.05, 0.1) is 5.69 Å². The number of nitrogens with one attached hydrogen (secondary N) is 1. The summed E-state index contributed by atoms with van der Waals surface area (Å²) < 4.78 is 7.98. The predicted molar refractivity (Wildman–Crippen MR) is 141 cm³/mol. The molecule has 0 unspecified atom stereocenters. The fourth-order valence-electron chi connectivity index (χ4n) is 4.24. The van der Waals surface area contributed by atoms with E-state index in [0.717, 1.165) is 34.0 Å². The number of hydrazine groups is 1. The molecule has 36 heavy (non-hydrogen) atoms. The third kappa shape index (κ3) is 4.63. The number of aromatic nitrogens is 1. The quantitative estimate of drug-likeness (QED) is 0.271. The molecule has 1 N–H and O–H groups in total. The molecule has 1 saturated heterocycles. The summed E-state index contributed by atoms with van der Waals surface area (Å²) in [5.74, 6) is -0.0400. The molecule has 4 aromatic rings. The lowest BCUT2D eigenvalue weighted by atomic mass is 10.1. The Balaban J connectivity index is 1.35. The second-order valence-corrected chi connectivity index (χ2v) is 8.98. The van der Waals surface area contributed by atoms with E-state index in [1.165, 1.54) is 5.01 Å². The summed E-state index contributed by atoms with van der Waals surface area (Å²) in [5.41, 5.74) is 8.08. The molecule has 1 fully saturated rings. The Hall–Kier alpha value is -4.29. The van der Waals surface area contributed by atoms with Crippen molar-refractivity contribution in [2.24, 2.45) is 0 Å². The monoisotopic (exact) mass is 497 g/mol. The first-order valence-electron chi connectivity index (χ1n) is 11.5. The Morgan fingerprint density at radius 2 is 1.58 bits per heavy atom. The third-order valence-electron chi connectivity index (χ3n) is 6.09. The molecule has 1 aliphatic heterocycles. The Labute approximate surface area is 214 Å². The number of para-hydroxylation sites is 1. The molecule has 0 saturated carbocycles. The number of halogens is 1. The van der Waals surface area contributed by atoms with Crippen LogP contribution in [0, 0.1) is 13.8 Å². The maximum Gasteiger partial charge on any atom is 0.282 e. The second-order valence-electron chi connectivity index (χ2n) is 8.55. The van der Waals surface area contributed by atoms with E-state index in [9.17, 15) is 9.59 Å². The van der Waals surface area contributed by atoms with Gasteiger partial charge >= 0.3 is 0 Å². The average molecular weight is 498 g/mol. The van der Waals surface area contributed by atoms with E-state index in [1.807, 2.05) is 86.6 Å². The summed E-state index contributed by atoms with van der Waals surface area (Å²) in [5, 5.41) is 1.97. The number of aryl methyl sites for hydroxylation is 1. The number of carbonyl (C=O) groups is 2. The minimum Gasteiger partial charge on any atom is -0.489 e. The van der Waals surface area contributed by atoms with E-state index in [2.05, 4.69) is 9.99 Å². The van der Waals surface area contributed by atoms with Gasteiger partial charge in [-0.25, -0.2) is 5.01 Å². The molecule has 0 radical (unpaired) electrons. The van der Waals surface area contributed by atoms with Crippen LogP contribution in [0.15, 0.2) is 90.5 Å². The molecule has 1 aliphatic rings. The molecular weight excluding hydrogens is 474 g/mol. The van der Waals surface area contributed by atoms with Crippen LogP contribution in [0.5, 0.6) is 5.75 Å². The fraction of sp³-hybridized carbons (Fsp3) is 0.103. The van der Waals surface area contributed by atoms with Crippen molar-refractivity contribution in [3.63, 3.8) is 0 Å². The lowest BCUT2D eigenvalue weighted by Crippen LogP contribution is -2.35. The van der Waals surface area contributed by atoms with Crippen LogP contribution < -0.4 is 15.2 Å². The van der Waals surface area contributed by atoms with Crippen LogP contribution >= 0.6 is 11.6 Å². The molecule has 2 heterocycles. The number of ether oxygens (including phenoxy) is 1. The van der Waals surface area contributed by atoms with Crippen LogP contribution in [0.2, 0.25) is 5.02 Å². The molecule has 3 aromatic carbocycles. The summed E-state index contributed by atoms with van der Waals surface area (Å²) in [4.78, 5) is 25.6. The first-order chi connectivity index (χ1) is 17.4. The summed E-state index contributed by atoms with van der Waals surface area (Å²) >= 11 is 5.94. The van der Waals surface area contributed by atoms with Crippen LogP contribution in [0.1, 0.15) is 22.5 Å². The van der Waals surface area contributed by atoms with Gasteiger partial charge in [0.15, 0.2) is 0 Å². The predicted octanol–water partition coefficient (Wildman–Crippen LogP) is 5.79. The van der Waals surface area contributed by atoms with Gasteiger partial charge in [0.2, 0.25) is 0 Å². The van der Waals surface area contributed by atoms with Crippen LogP contribution in [-0.2, 0) is 16.2 Å². The van der Waals surface area contributed by atoms with E-state index in [4.69, 9.17) is 16.3 Å². The van der Waals surface area contributed by atoms with Crippen LogP contribution in [0.4, 0.5) is 5.69 Å². The van der Waals surface area contributed by atoms with Gasteiger partial charge in [0.25, 0.3) is 11.8 Å². The number of benzene rings is 3. The maximum atomic E-state index is 13.0. The number of hydrogen-bond donors (Lipinski definition) is 1. The minimum atomic E-state index is -0.421. The zero-order valence-corrected chi connectivity index (χ0v) is 20.6. The van der Waals surface area contributed by atoms with Gasteiger partial charge < -0.3 is 9.30 Å². The highest BCUT2D eigenvalue weighted by molar-refractivity contribution is 6.31. The lowest BCUT2D eigenvalue weighted by molar-refractivity contribution is -0.117. The Kier molecular flexibility index (Phi) is 6.36. The van der Waals surface area contributed by atoms with Gasteiger partial charge in [-0.05, 0) is 85.6 Å². The number of anilines is 1. The first-order valence-corrected chi connectivity index (χ1v) is 11.9. The first kappa shape index (κ1) is 23.5. The minimum absolute atomic E-state index is 0.102. The van der Waals surface area contributed by atoms with Crippen LogP contribution in [-0.4, -0.2) is 16.4 Å². The van der Waals surface area contributed by atoms with Crippen LogP contribution in [0.25, 0.3) is 11.8 Å². The number of rotatable bonds is 6. The second kappa shape index (κ2) is 9.76. The fourth-order valence-corrected chi connectivity index (χ4v) is 4.37. The number of amides is 2. The van der Waals surface area contributed by atoms with Crippen molar-refractivity contribution < 1.29 is 14.3 Å². The smallest absolute Gasteiger partial charge is 0.282 e. The molecule has 5 rings (SSSR count). The maximum absolute atomic E-state index is 13.0. The normalized spacial score (nSPS) is 14.4. The highest BCUT2D eigenvalue weighted by Gasteiger charge is 2.34. The molecule has 180 valence electrons. The van der Waals surface area contributed by atoms with Crippen LogP contribution in [0.3, 0.4) is 0 Å². The highest BCUT2D eigenvalue weighted by Crippen LogP contribution is 2.27. The van der Waals surface area contributed by atoms with Crippen molar-refractivity contribution in [2.45, 2.75) is 20.5 Å². The van der Waals surface area contributed by atoms with Gasteiger partial charge in [-0.15, -0.1) is 0 Å². The standard InChI is InChI=1S/C29H24ClN3O3/c1-19-16-22(17-27-28(34)31-33(29(27)35)25-6-4-3-5-7-25)20(2)32(19)24-12-14-26(15-13-24)36-18-21-8-10-23(30)11-9-21/h3-17H,18H2,1-2H3,(H,31,34)/b27-17-. The zero-order valence-electron chi connectivity index (χ0n) is 19.9. The van der Waals surface area contributed by atoms with Gasteiger partial charge in [-0.3, -0.25) is 15.0 Å².